The highest BCUT2D eigenvalue weighted by Gasteiger charge is 2.29. The molecule has 1 aromatic carbocycles. The van der Waals surface area contributed by atoms with Gasteiger partial charge in [-0.3, -0.25) is 9.78 Å². The lowest BCUT2D eigenvalue weighted by Crippen LogP contribution is -2.46. The number of rotatable bonds is 2. The lowest BCUT2D eigenvalue weighted by Gasteiger charge is -2.35. The first-order valence-corrected chi connectivity index (χ1v) is 8.64. The van der Waals surface area contributed by atoms with E-state index in [1.165, 1.54) is 0 Å². The molecule has 2 aromatic rings. The Hall–Kier alpha value is -2.21. The molecule has 2 saturated heterocycles. The van der Waals surface area contributed by atoms with Crippen LogP contribution in [0.1, 0.15) is 12.8 Å². The Morgan fingerprint density at radius 3 is 2.50 bits per heavy atom. The van der Waals surface area contributed by atoms with Gasteiger partial charge in [0.15, 0.2) is 0 Å². The van der Waals surface area contributed by atoms with E-state index in [9.17, 15) is 4.79 Å². The molecule has 1 aromatic heterocycles. The molecule has 0 saturated carbocycles. The number of piperidine rings is 1. The topological polar surface area (TPSA) is 58.6 Å². The summed E-state index contributed by atoms with van der Waals surface area (Å²) in [7, 11) is 0. The van der Waals surface area contributed by atoms with Crippen molar-refractivity contribution in [3.05, 3.63) is 30.5 Å². The van der Waals surface area contributed by atoms with Crippen molar-refractivity contribution in [1.82, 2.24) is 14.9 Å². The van der Waals surface area contributed by atoms with Crippen LogP contribution in [0.4, 0.5) is 5.82 Å². The molecule has 0 bridgehead atoms. The first-order valence-electron chi connectivity index (χ1n) is 8.64. The number of carbonyl (C=O) groups is 1. The predicted molar refractivity (Wildman–Crippen MR) is 91.9 cm³/mol. The SMILES string of the molecule is O=C(C1CCN(c2cnc3ccccc3n2)CC1)N1CCOCC1. The average Bonchev–Trinajstić information content (AvgIpc) is 2.68. The summed E-state index contributed by atoms with van der Waals surface area (Å²) in [5, 5.41) is 0. The molecule has 24 heavy (non-hydrogen) atoms. The molecule has 6 nitrogen and oxygen atoms in total. The maximum Gasteiger partial charge on any atom is 0.225 e. The van der Waals surface area contributed by atoms with Crippen molar-refractivity contribution in [2.45, 2.75) is 12.8 Å². The summed E-state index contributed by atoms with van der Waals surface area (Å²) in [4.78, 5) is 26.0. The first-order chi connectivity index (χ1) is 11.8. The highest BCUT2D eigenvalue weighted by Crippen LogP contribution is 2.24. The lowest BCUT2D eigenvalue weighted by molar-refractivity contribution is -0.140. The number of nitrogens with zero attached hydrogens (tertiary/aromatic N) is 4. The van der Waals surface area contributed by atoms with E-state index in [1.54, 1.807) is 0 Å². The van der Waals surface area contributed by atoms with Crippen LogP contribution in [0.25, 0.3) is 11.0 Å². The number of morpholine rings is 1. The predicted octanol–water partition coefficient (Wildman–Crippen LogP) is 1.71. The Balaban J connectivity index is 1.40. The smallest absolute Gasteiger partial charge is 0.225 e. The van der Waals surface area contributed by atoms with E-state index < -0.39 is 0 Å². The van der Waals surface area contributed by atoms with E-state index >= 15 is 0 Å². The van der Waals surface area contributed by atoms with Gasteiger partial charge in [-0.1, -0.05) is 12.1 Å². The van der Waals surface area contributed by atoms with E-state index in [0.29, 0.717) is 19.1 Å². The molecular formula is C18H22N4O2. The number of hydrogen-bond acceptors (Lipinski definition) is 5. The van der Waals surface area contributed by atoms with Crippen molar-refractivity contribution < 1.29 is 9.53 Å². The minimum atomic E-state index is 0.132. The van der Waals surface area contributed by atoms with Gasteiger partial charge in [-0.2, -0.15) is 0 Å². The van der Waals surface area contributed by atoms with Crippen LogP contribution in [0.15, 0.2) is 30.5 Å². The Labute approximate surface area is 141 Å². The third-order valence-corrected chi connectivity index (χ3v) is 4.93. The molecule has 0 N–H and O–H groups in total. The zero-order chi connectivity index (χ0) is 16.4. The normalized spacial score (nSPS) is 19.7. The van der Waals surface area contributed by atoms with Gasteiger partial charge in [-0.25, -0.2) is 4.98 Å². The monoisotopic (exact) mass is 326 g/mol. The van der Waals surface area contributed by atoms with Crippen LogP contribution in [0.2, 0.25) is 0 Å². The fourth-order valence-corrected chi connectivity index (χ4v) is 3.50. The van der Waals surface area contributed by atoms with E-state index in [2.05, 4.69) is 9.88 Å². The largest absolute Gasteiger partial charge is 0.378 e. The van der Waals surface area contributed by atoms with Crippen LogP contribution in [-0.2, 0) is 9.53 Å². The van der Waals surface area contributed by atoms with Crippen molar-refractivity contribution in [1.29, 1.82) is 0 Å². The molecule has 0 radical (unpaired) electrons. The number of amides is 1. The van der Waals surface area contributed by atoms with Crippen molar-refractivity contribution >= 4 is 22.8 Å². The maximum absolute atomic E-state index is 12.6. The second kappa shape index (κ2) is 6.73. The molecule has 0 spiro atoms. The number of carbonyl (C=O) groups excluding carboxylic acids is 1. The van der Waals surface area contributed by atoms with E-state index in [1.807, 2.05) is 35.4 Å². The van der Waals surface area contributed by atoms with Gasteiger partial charge in [0.25, 0.3) is 0 Å². The number of benzene rings is 1. The molecule has 1 amide bonds. The van der Waals surface area contributed by atoms with Gasteiger partial charge in [-0.05, 0) is 25.0 Å². The van der Waals surface area contributed by atoms with Gasteiger partial charge in [-0.15, -0.1) is 0 Å². The third kappa shape index (κ3) is 3.06. The van der Waals surface area contributed by atoms with Gasteiger partial charge in [0.1, 0.15) is 5.82 Å². The van der Waals surface area contributed by atoms with Crippen LogP contribution in [0.5, 0.6) is 0 Å². The van der Waals surface area contributed by atoms with Gasteiger partial charge < -0.3 is 14.5 Å². The second-order valence-corrected chi connectivity index (χ2v) is 6.42. The summed E-state index contributed by atoms with van der Waals surface area (Å²) in [6.45, 7) is 4.50. The van der Waals surface area contributed by atoms with Crippen LogP contribution >= 0.6 is 0 Å². The van der Waals surface area contributed by atoms with Crippen molar-refractivity contribution in [3.8, 4) is 0 Å². The quantitative estimate of drug-likeness (QED) is 0.841. The summed E-state index contributed by atoms with van der Waals surface area (Å²) in [6, 6.07) is 7.91. The molecule has 3 heterocycles. The van der Waals surface area contributed by atoms with E-state index in [4.69, 9.17) is 9.72 Å². The summed E-state index contributed by atoms with van der Waals surface area (Å²) in [5.41, 5.74) is 1.83. The maximum atomic E-state index is 12.6. The number of hydrogen-bond donors (Lipinski definition) is 0. The third-order valence-electron chi connectivity index (χ3n) is 4.93. The molecule has 0 unspecified atom stereocenters. The average molecular weight is 326 g/mol. The zero-order valence-corrected chi connectivity index (χ0v) is 13.7. The minimum absolute atomic E-state index is 0.132. The molecule has 6 heteroatoms. The number of para-hydroxylation sites is 2. The first kappa shape index (κ1) is 15.3. The molecule has 0 atom stereocenters. The number of ether oxygens (including phenoxy) is 1. The number of fused-ring (bicyclic) bond motifs is 1. The van der Waals surface area contributed by atoms with Gasteiger partial charge in [0.05, 0.1) is 30.4 Å². The fraction of sp³-hybridized carbons (Fsp3) is 0.500. The molecule has 2 aliphatic rings. The summed E-state index contributed by atoms with van der Waals surface area (Å²) < 4.78 is 5.33. The Bertz CT molecular complexity index is 722. The second-order valence-electron chi connectivity index (χ2n) is 6.42. The Kier molecular flexibility index (Phi) is 4.30. The van der Waals surface area contributed by atoms with Crippen LogP contribution in [-0.4, -0.2) is 60.2 Å². The van der Waals surface area contributed by atoms with Crippen molar-refractivity contribution in [3.63, 3.8) is 0 Å². The number of aromatic nitrogens is 2. The lowest BCUT2D eigenvalue weighted by atomic mass is 9.95. The Morgan fingerprint density at radius 2 is 1.75 bits per heavy atom. The van der Waals surface area contributed by atoms with E-state index in [-0.39, 0.29) is 5.92 Å². The summed E-state index contributed by atoms with van der Waals surface area (Å²) in [6.07, 6.45) is 3.60. The van der Waals surface area contributed by atoms with Gasteiger partial charge >= 0.3 is 0 Å². The van der Waals surface area contributed by atoms with Gasteiger partial charge in [0.2, 0.25) is 5.91 Å². The van der Waals surface area contributed by atoms with Crippen LogP contribution < -0.4 is 4.90 Å². The van der Waals surface area contributed by atoms with Crippen LogP contribution in [0, 0.1) is 5.92 Å². The molecular weight excluding hydrogens is 304 g/mol. The zero-order valence-electron chi connectivity index (χ0n) is 13.7. The summed E-state index contributed by atoms with van der Waals surface area (Å²) >= 11 is 0. The fourth-order valence-electron chi connectivity index (χ4n) is 3.50. The number of anilines is 1. The standard InChI is InChI=1S/C18H22N4O2/c23-18(22-9-11-24-12-10-22)14-5-7-21(8-6-14)17-13-19-15-3-1-2-4-16(15)20-17/h1-4,13-14H,5-12H2. The van der Waals surface area contributed by atoms with Crippen LogP contribution in [0.3, 0.4) is 0 Å². The Morgan fingerprint density at radius 1 is 1.04 bits per heavy atom. The molecule has 0 aliphatic carbocycles. The molecule has 126 valence electrons. The molecule has 2 aliphatic heterocycles. The molecule has 2 fully saturated rings. The van der Waals surface area contributed by atoms with E-state index in [0.717, 1.165) is 55.9 Å². The molecule has 4 rings (SSSR count). The highest BCUT2D eigenvalue weighted by atomic mass is 16.5. The van der Waals surface area contributed by atoms with Crippen molar-refractivity contribution in [2.75, 3.05) is 44.3 Å². The summed E-state index contributed by atoms with van der Waals surface area (Å²) in [5.74, 6) is 1.33. The van der Waals surface area contributed by atoms with Gasteiger partial charge in [0, 0.05) is 32.1 Å². The van der Waals surface area contributed by atoms with Crippen molar-refractivity contribution in [2.24, 2.45) is 5.92 Å². The minimum Gasteiger partial charge on any atom is -0.378 e. The highest BCUT2D eigenvalue weighted by molar-refractivity contribution is 5.79.